The Kier molecular flexibility index (Phi) is 2.57. The average Bonchev–Trinajstić information content (AvgIpc) is 2.93. The predicted molar refractivity (Wildman–Crippen MR) is 65.0 cm³/mol. The van der Waals surface area contributed by atoms with Crippen LogP contribution in [0.25, 0.3) is 11.2 Å². The quantitative estimate of drug-likeness (QED) is 0.810. The Bertz CT molecular complexity index is 536. The second-order valence-corrected chi connectivity index (χ2v) is 4.48. The van der Waals surface area contributed by atoms with E-state index in [0.717, 1.165) is 29.3 Å². The largest absolute Gasteiger partial charge is 0.379 e. The maximum absolute atomic E-state index is 5.49. The molecular formula is C12H16N4O. The summed E-state index contributed by atoms with van der Waals surface area (Å²) < 4.78 is 5.49. The Hall–Kier alpha value is -1.46. The molecule has 1 aliphatic heterocycles. The van der Waals surface area contributed by atoms with Crippen LogP contribution in [0.2, 0.25) is 0 Å². The van der Waals surface area contributed by atoms with Gasteiger partial charge in [-0.25, -0.2) is 9.97 Å². The molecule has 2 aromatic rings. The number of aryl methyl sites for hydroxylation is 1. The van der Waals surface area contributed by atoms with Gasteiger partial charge in [0, 0.05) is 11.7 Å². The molecular weight excluding hydrogens is 216 g/mol. The highest BCUT2D eigenvalue weighted by molar-refractivity contribution is 5.70. The van der Waals surface area contributed by atoms with E-state index in [4.69, 9.17) is 4.74 Å². The minimum atomic E-state index is 0.287. The number of hydrogen-bond donors (Lipinski definition) is 2. The Morgan fingerprint density at radius 2 is 2.24 bits per heavy atom. The Balaban J connectivity index is 2.00. The third-order valence-corrected chi connectivity index (χ3v) is 3.31. The number of H-pyrrole nitrogens is 1. The van der Waals surface area contributed by atoms with Gasteiger partial charge in [-0.15, -0.1) is 0 Å². The van der Waals surface area contributed by atoms with E-state index in [1.807, 2.05) is 26.1 Å². The van der Waals surface area contributed by atoms with Gasteiger partial charge in [0.1, 0.15) is 5.82 Å². The molecule has 17 heavy (non-hydrogen) atoms. The van der Waals surface area contributed by atoms with Gasteiger partial charge in [-0.1, -0.05) is 0 Å². The maximum atomic E-state index is 5.49. The summed E-state index contributed by atoms with van der Waals surface area (Å²) in [5.74, 6) is 1.25. The molecule has 0 aliphatic carbocycles. The monoisotopic (exact) mass is 232 g/mol. The van der Waals surface area contributed by atoms with Gasteiger partial charge in [0.15, 0.2) is 5.65 Å². The number of ether oxygens (including phenoxy) is 1. The molecule has 0 saturated carbocycles. The molecule has 1 aliphatic rings. The van der Waals surface area contributed by atoms with Crippen LogP contribution in [0, 0.1) is 6.92 Å². The zero-order chi connectivity index (χ0) is 11.8. The molecule has 2 unspecified atom stereocenters. The summed E-state index contributed by atoms with van der Waals surface area (Å²) in [7, 11) is 1.96. The summed E-state index contributed by atoms with van der Waals surface area (Å²) in [6.45, 7) is 3.43. The van der Waals surface area contributed by atoms with E-state index in [1.54, 1.807) is 0 Å². The molecule has 0 amide bonds. The molecule has 2 aromatic heterocycles. The van der Waals surface area contributed by atoms with Crippen LogP contribution in [0.15, 0.2) is 12.1 Å². The van der Waals surface area contributed by atoms with Crippen molar-refractivity contribution < 1.29 is 4.74 Å². The van der Waals surface area contributed by atoms with Crippen molar-refractivity contribution in [3.8, 4) is 0 Å². The number of fused-ring (bicyclic) bond motifs is 1. The van der Waals surface area contributed by atoms with Crippen LogP contribution >= 0.6 is 0 Å². The molecule has 3 rings (SSSR count). The number of nitrogens with zero attached hydrogens (tertiary/aromatic N) is 2. The minimum absolute atomic E-state index is 0.287. The van der Waals surface area contributed by atoms with Crippen LogP contribution in [0.4, 0.5) is 0 Å². The SMILES string of the molecule is CNC1COCC1c1nc2nc(C)ccc2[nH]1. The van der Waals surface area contributed by atoms with E-state index >= 15 is 0 Å². The van der Waals surface area contributed by atoms with E-state index in [9.17, 15) is 0 Å². The van der Waals surface area contributed by atoms with E-state index in [0.29, 0.717) is 12.6 Å². The lowest BCUT2D eigenvalue weighted by molar-refractivity contribution is 0.188. The molecule has 90 valence electrons. The molecule has 5 nitrogen and oxygen atoms in total. The third-order valence-electron chi connectivity index (χ3n) is 3.31. The zero-order valence-electron chi connectivity index (χ0n) is 10.0. The van der Waals surface area contributed by atoms with Crippen LogP contribution in [0.5, 0.6) is 0 Å². The topological polar surface area (TPSA) is 62.8 Å². The molecule has 5 heteroatoms. The first-order valence-electron chi connectivity index (χ1n) is 5.86. The van der Waals surface area contributed by atoms with Crippen molar-refractivity contribution in [2.24, 2.45) is 0 Å². The van der Waals surface area contributed by atoms with Gasteiger partial charge in [0.2, 0.25) is 0 Å². The minimum Gasteiger partial charge on any atom is -0.379 e. The van der Waals surface area contributed by atoms with E-state index in [2.05, 4.69) is 20.3 Å². The van der Waals surface area contributed by atoms with Crippen LogP contribution in [-0.4, -0.2) is 41.3 Å². The highest BCUT2D eigenvalue weighted by Crippen LogP contribution is 2.24. The molecule has 1 fully saturated rings. The lowest BCUT2D eigenvalue weighted by Gasteiger charge is -2.13. The van der Waals surface area contributed by atoms with Gasteiger partial charge in [0.05, 0.1) is 24.6 Å². The van der Waals surface area contributed by atoms with Gasteiger partial charge >= 0.3 is 0 Å². The molecule has 1 saturated heterocycles. The highest BCUT2D eigenvalue weighted by Gasteiger charge is 2.30. The Labute approximate surface area is 99.6 Å². The molecule has 0 bridgehead atoms. The van der Waals surface area contributed by atoms with Crippen molar-refractivity contribution in [2.45, 2.75) is 18.9 Å². The van der Waals surface area contributed by atoms with Crippen LogP contribution in [0.3, 0.4) is 0 Å². The number of aromatic nitrogens is 3. The fraction of sp³-hybridized carbons (Fsp3) is 0.500. The van der Waals surface area contributed by atoms with Gasteiger partial charge in [0.25, 0.3) is 0 Å². The molecule has 0 radical (unpaired) electrons. The van der Waals surface area contributed by atoms with Crippen molar-refractivity contribution in [3.63, 3.8) is 0 Å². The molecule has 0 aromatic carbocycles. The van der Waals surface area contributed by atoms with Crippen molar-refractivity contribution in [3.05, 3.63) is 23.7 Å². The summed E-state index contributed by atoms with van der Waals surface area (Å²) in [4.78, 5) is 12.3. The molecule has 2 N–H and O–H groups in total. The van der Waals surface area contributed by atoms with E-state index < -0.39 is 0 Å². The number of imidazole rings is 1. The number of rotatable bonds is 2. The second kappa shape index (κ2) is 4.09. The smallest absolute Gasteiger partial charge is 0.177 e. The number of likely N-dealkylation sites (N-methyl/N-ethyl adjacent to an activating group) is 1. The van der Waals surface area contributed by atoms with Crippen molar-refractivity contribution in [2.75, 3.05) is 20.3 Å². The third kappa shape index (κ3) is 1.81. The zero-order valence-corrected chi connectivity index (χ0v) is 10.0. The number of hydrogen-bond acceptors (Lipinski definition) is 4. The molecule has 2 atom stereocenters. The normalized spacial score (nSPS) is 24.6. The lowest BCUT2D eigenvalue weighted by atomic mass is 10.0. The van der Waals surface area contributed by atoms with Crippen LogP contribution in [0.1, 0.15) is 17.4 Å². The summed E-state index contributed by atoms with van der Waals surface area (Å²) >= 11 is 0. The molecule has 0 spiro atoms. The summed E-state index contributed by atoms with van der Waals surface area (Å²) in [5.41, 5.74) is 2.78. The summed E-state index contributed by atoms with van der Waals surface area (Å²) in [6.07, 6.45) is 0. The van der Waals surface area contributed by atoms with E-state index in [-0.39, 0.29) is 5.92 Å². The van der Waals surface area contributed by atoms with Crippen LogP contribution < -0.4 is 5.32 Å². The first-order chi connectivity index (χ1) is 8.28. The number of pyridine rings is 1. The Morgan fingerprint density at radius 1 is 1.35 bits per heavy atom. The van der Waals surface area contributed by atoms with Crippen molar-refractivity contribution in [1.29, 1.82) is 0 Å². The summed E-state index contributed by atoms with van der Waals surface area (Å²) in [6, 6.07) is 4.35. The average molecular weight is 232 g/mol. The standard InChI is InChI=1S/C12H16N4O/c1-7-3-4-9-12(14-7)16-11(15-9)8-5-17-6-10(8)13-2/h3-4,8,10,13H,5-6H2,1-2H3,(H,14,15,16). The Morgan fingerprint density at radius 3 is 3.06 bits per heavy atom. The van der Waals surface area contributed by atoms with Gasteiger partial charge < -0.3 is 15.0 Å². The summed E-state index contributed by atoms with van der Waals surface area (Å²) in [5, 5.41) is 3.26. The number of nitrogens with one attached hydrogen (secondary N) is 2. The van der Waals surface area contributed by atoms with Gasteiger partial charge in [-0.05, 0) is 26.1 Å². The first-order valence-corrected chi connectivity index (χ1v) is 5.86. The van der Waals surface area contributed by atoms with Crippen LogP contribution in [-0.2, 0) is 4.74 Å². The van der Waals surface area contributed by atoms with E-state index in [1.165, 1.54) is 0 Å². The molecule has 3 heterocycles. The second-order valence-electron chi connectivity index (χ2n) is 4.48. The highest BCUT2D eigenvalue weighted by atomic mass is 16.5. The maximum Gasteiger partial charge on any atom is 0.177 e. The lowest BCUT2D eigenvalue weighted by Crippen LogP contribution is -2.31. The fourth-order valence-corrected chi connectivity index (χ4v) is 2.29. The fourth-order valence-electron chi connectivity index (χ4n) is 2.29. The predicted octanol–water partition coefficient (Wildman–Crippen LogP) is 0.968. The van der Waals surface area contributed by atoms with Crippen molar-refractivity contribution >= 4 is 11.2 Å². The van der Waals surface area contributed by atoms with Gasteiger partial charge in [-0.3, -0.25) is 0 Å². The van der Waals surface area contributed by atoms with Crippen molar-refractivity contribution in [1.82, 2.24) is 20.3 Å². The first kappa shape index (κ1) is 10.7. The van der Waals surface area contributed by atoms with Gasteiger partial charge in [-0.2, -0.15) is 0 Å². The number of aromatic amines is 1.